The van der Waals surface area contributed by atoms with Crippen molar-refractivity contribution in [2.75, 3.05) is 26.1 Å². The van der Waals surface area contributed by atoms with Crippen molar-refractivity contribution < 1.29 is 32.6 Å². The molecule has 11 heteroatoms. The summed E-state index contributed by atoms with van der Waals surface area (Å²) < 4.78 is 50.6. The average molecular weight is 594 g/mol. The molecule has 1 aliphatic rings. The third-order valence-electron chi connectivity index (χ3n) is 7.56. The van der Waals surface area contributed by atoms with Crippen molar-refractivity contribution in [3.8, 4) is 11.5 Å². The molecule has 1 heterocycles. The van der Waals surface area contributed by atoms with Gasteiger partial charge in [-0.05, 0) is 53.4 Å². The molecule has 0 amide bonds. The number of nitrogens with zero attached hydrogens (tertiary/aromatic N) is 2. The molecule has 1 aliphatic carbocycles. The van der Waals surface area contributed by atoms with Gasteiger partial charge in [-0.25, -0.2) is 14.4 Å². The molecule has 1 saturated carbocycles. The van der Waals surface area contributed by atoms with E-state index in [1.807, 2.05) is 78.9 Å². The van der Waals surface area contributed by atoms with Crippen molar-refractivity contribution in [3.05, 3.63) is 114 Å². The van der Waals surface area contributed by atoms with Gasteiger partial charge in [-0.15, -0.1) is 0 Å². The Morgan fingerprint density at radius 2 is 1.52 bits per heavy atom. The maximum atomic E-state index is 15.8. The van der Waals surface area contributed by atoms with Crippen molar-refractivity contribution in [2.45, 2.75) is 30.3 Å². The van der Waals surface area contributed by atoms with Gasteiger partial charge in [-0.2, -0.15) is 0 Å². The second kappa shape index (κ2) is 13.4. The Morgan fingerprint density at radius 1 is 0.929 bits per heavy atom. The number of halogens is 1. The van der Waals surface area contributed by atoms with Crippen LogP contribution in [0, 0.1) is 5.92 Å². The van der Waals surface area contributed by atoms with E-state index in [9.17, 15) is 9.46 Å². The van der Waals surface area contributed by atoms with Crippen molar-refractivity contribution >= 4 is 14.1 Å². The summed E-state index contributed by atoms with van der Waals surface area (Å²) in [5.41, 5.74) is 1.36. The van der Waals surface area contributed by atoms with Gasteiger partial charge in [-0.3, -0.25) is 4.57 Å². The van der Waals surface area contributed by atoms with E-state index < -0.39 is 38.1 Å². The number of anilines is 1. The highest BCUT2D eigenvalue weighted by atomic mass is 31.1. The Balaban J connectivity index is 1.54. The Morgan fingerprint density at radius 3 is 2.05 bits per heavy atom. The molecular formula is C31H33FN3O6P. The summed E-state index contributed by atoms with van der Waals surface area (Å²) in [6.45, 7) is 0.0230. The summed E-state index contributed by atoms with van der Waals surface area (Å²) in [5, 5.41) is 3.08. The molecule has 2 N–H and O–H groups in total. The Bertz CT molecular complexity index is 1400. The number of ether oxygens (including phenoxy) is 3. The quantitative estimate of drug-likeness (QED) is 0.165. The van der Waals surface area contributed by atoms with Crippen LogP contribution in [0.25, 0.3) is 0 Å². The highest BCUT2D eigenvalue weighted by molar-refractivity contribution is 7.32. The van der Waals surface area contributed by atoms with E-state index in [0.29, 0.717) is 17.3 Å². The highest BCUT2D eigenvalue weighted by Gasteiger charge is 2.48. The molecule has 5 rings (SSSR count). The first kappa shape index (κ1) is 29.7. The van der Waals surface area contributed by atoms with Gasteiger partial charge >= 0.3 is 8.25 Å². The molecule has 1 unspecified atom stereocenters. The standard InChI is InChI=1S/C31H33FN3O6P/c1-38-25-12-8-23(9-13-25)31(22-6-4-3-5-7-22,24-10-14-26(39-2)15-11-24)40-19-21-18-27(29(32)30(21)41-42(36)37)35-28-16-17-33-20-34-28/h3-17,20-21,27,29-30,42H,18-19H2,1-2H3,(H,36,37)(H,33,34,35)/t21-,27-,29-,30-/m1/s1. The van der Waals surface area contributed by atoms with Crippen LogP contribution < -0.4 is 14.8 Å². The van der Waals surface area contributed by atoms with Gasteiger partial charge in [0.25, 0.3) is 0 Å². The van der Waals surface area contributed by atoms with Crippen LogP contribution in [0.2, 0.25) is 0 Å². The Kier molecular flexibility index (Phi) is 9.49. The van der Waals surface area contributed by atoms with Crippen LogP contribution in [0.15, 0.2) is 97.5 Å². The summed E-state index contributed by atoms with van der Waals surface area (Å²) in [5.74, 6) is 1.27. The van der Waals surface area contributed by atoms with Crippen molar-refractivity contribution in [1.82, 2.24) is 9.97 Å². The summed E-state index contributed by atoms with van der Waals surface area (Å²) in [6, 6.07) is 25.8. The lowest BCUT2D eigenvalue weighted by atomic mass is 9.79. The molecule has 0 spiro atoms. The summed E-state index contributed by atoms with van der Waals surface area (Å²) >= 11 is 0. The predicted octanol–water partition coefficient (Wildman–Crippen LogP) is 5.41. The van der Waals surface area contributed by atoms with E-state index in [4.69, 9.17) is 18.7 Å². The Labute approximate surface area is 244 Å². The molecule has 0 aliphatic heterocycles. The first-order chi connectivity index (χ1) is 20.4. The first-order valence-corrected chi connectivity index (χ1v) is 14.8. The van der Waals surface area contributed by atoms with E-state index in [1.54, 1.807) is 26.5 Å². The third kappa shape index (κ3) is 6.32. The molecule has 3 aromatic carbocycles. The molecule has 1 fully saturated rings. The van der Waals surface area contributed by atoms with Crippen LogP contribution in [0.1, 0.15) is 23.1 Å². The fourth-order valence-electron chi connectivity index (χ4n) is 5.53. The van der Waals surface area contributed by atoms with Gasteiger partial charge < -0.3 is 28.9 Å². The SMILES string of the molecule is COc1ccc(C(OC[C@H]2C[C@@H](Nc3ccncn3)[C@@H](F)[C@@H]2O[PH](=O)O)(c2ccccc2)c2ccc(OC)cc2)cc1. The minimum absolute atomic E-state index is 0.0230. The smallest absolute Gasteiger partial charge is 0.316 e. The molecule has 5 atom stereocenters. The van der Waals surface area contributed by atoms with Gasteiger partial charge in [0.15, 0.2) is 0 Å². The number of rotatable bonds is 12. The van der Waals surface area contributed by atoms with Crippen LogP contribution >= 0.6 is 8.25 Å². The molecule has 1 aromatic heterocycles. The van der Waals surface area contributed by atoms with Crippen molar-refractivity contribution in [1.29, 1.82) is 0 Å². The van der Waals surface area contributed by atoms with Crippen LogP contribution in [0.4, 0.5) is 10.2 Å². The number of methoxy groups -OCH3 is 2. The molecule has 0 radical (unpaired) electrons. The number of hydrogen-bond acceptors (Lipinski definition) is 8. The van der Waals surface area contributed by atoms with E-state index in [0.717, 1.165) is 16.7 Å². The largest absolute Gasteiger partial charge is 0.497 e. The fraction of sp³-hybridized carbons (Fsp3) is 0.290. The zero-order valence-corrected chi connectivity index (χ0v) is 24.2. The van der Waals surface area contributed by atoms with Gasteiger partial charge in [0.2, 0.25) is 0 Å². The molecule has 42 heavy (non-hydrogen) atoms. The molecule has 0 bridgehead atoms. The minimum atomic E-state index is -3.43. The van der Waals surface area contributed by atoms with E-state index in [-0.39, 0.29) is 13.0 Å². The second-order valence-electron chi connectivity index (χ2n) is 9.95. The summed E-state index contributed by atoms with van der Waals surface area (Å²) in [7, 11) is -0.222. The lowest BCUT2D eigenvalue weighted by Gasteiger charge is -2.37. The number of alkyl halides is 1. The monoisotopic (exact) mass is 593 g/mol. The summed E-state index contributed by atoms with van der Waals surface area (Å²) in [6.07, 6.45) is 0.449. The van der Waals surface area contributed by atoms with Crippen LogP contribution in [0.3, 0.4) is 0 Å². The number of hydrogen-bond donors (Lipinski definition) is 2. The predicted molar refractivity (Wildman–Crippen MR) is 157 cm³/mol. The van der Waals surface area contributed by atoms with Gasteiger partial charge in [-0.1, -0.05) is 54.6 Å². The van der Waals surface area contributed by atoms with Crippen LogP contribution in [-0.4, -0.2) is 54.0 Å². The van der Waals surface area contributed by atoms with Gasteiger partial charge in [0.05, 0.1) is 26.9 Å². The number of aromatic nitrogens is 2. The van der Waals surface area contributed by atoms with E-state index in [1.165, 1.54) is 6.33 Å². The molecule has 220 valence electrons. The number of nitrogens with one attached hydrogen (secondary N) is 1. The molecule has 4 aromatic rings. The topological polar surface area (TPSA) is 112 Å². The zero-order valence-electron chi connectivity index (χ0n) is 23.2. The second-order valence-corrected chi connectivity index (χ2v) is 10.7. The molecule has 0 saturated heterocycles. The van der Waals surface area contributed by atoms with Crippen molar-refractivity contribution in [3.63, 3.8) is 0 Å². The van der Waals surface area contributed by atoms with E-state index >= 15 is 4.39 Å². The van der Waals surface area contributed by atoms with Crippen LogP contribution in [-0.2, 0) is 19.4 Å². The minimum Gasteiger partial charge on any atom is -0.497 e. The maximum absolute atomic E-state index is 15.8. The average Bonchev–Trinajstić information content (AvgIpc) is 3.31. The third-order valence-corrected chi connectivity index (χ3v) is 8.03. The lowest BCUT2D eigenvalue weighted by Crippen LogP contribution is -2.37. The van der Waals surface area contributed by atoms with Crippen molar-refractivity contribution in [2.24, 2.45) is 5.92 Å². The summed E-state index contributed by atoms with van der Waals surface area (Å²) in [4.78, 5) is 17.7. The fourth-order valence-corrected chi connectivity index (χ4v) is 6.09. The first-order valence-electron chi connectivity index (χ1n) is 13.5. The lowest BCUT2D eigenvalue weighted by molar-refractivity contribution is -0.0326. The zero-order chi connectivity index (χ0) is 29.5. The van der Waals surface area contributed by atoms with Crippen LogP contribution in [0.5, 0.6) is 11.5 Å². The maximum Gasteiger partial charge on any atom is 0.316 e. The van der Waals surface area contributed by atoms with E-state index in [2.05, 4.69) is 15.3 Å². The van der Waals surface area contributed by atoms with Gasteiger partial charge in [0, 0.05) is 12.1 Å². The highest BCUT2D eigenvalue weighted by Crippen LogP contribution is 2.44. The number of benzene rings is 3. The van der Waals surface area contributed by atoms with Gasteiger partial charge in [0.1, 0.15) is 41.5 Å². The Hall–Kier alpha value is -3.82. The normalized spacial score (nSPS) is 21.0. The molecule has 9 nitrogen and oxygen atoms in total. The molecular weight excluding hydrogens is 560 g/mol.